The molecule has 1 heterocycles. The van der Waals surface area contributed by atoms with Crippen LogP contribution in [0, 0.1) is 0 Å². The van der Waals surface area contributed by atoms with Gasteiger partial charge >= 0.3 is 6.18 Å². The second-order valence-electron chi connectivity index (χ2n) is 3.67. The van der Waals surface area contributed by atoms with Crippen LogP contribution in [0.5, 0.6) is 0 Å². The summed E-state index contributed by atoms with van der Waals surface area (Å²) in [4.78, 5) is 15.6. The third kappa shape index (κ3) is 5.43. The predicted octanol–water partition coefficient (Wildman–Crippen LogP) is 2.20. The van der Waals surface area contributed by atoms with Crippen LogP contribution in [0.3, 0.4) is 0 Å². The van der Waals surface area contributed by atoms with E-state index in [0.29, 0.717) is 4.47 Å². The monoisotopic (exact) mass is 340 g/mol. The number of alkyl halides is 3. The number of hydrogen-bond donors (Lipinski definition) is 3. The zero-order valence-corrected chi connectivity index (χ0v) is 11.3. The van der Waals surface area contributed by atoms with E-state index in [0.717, 1.165) is 0 Å². The number of carbonyl (C=O) groups is 1. The largest absolute Gasteiger partial charge is 0.389 e. The van der Waals surface area contributed by atoms with E-state index in [-0.39, 0.29) is 24.3 Å². The van der Waals surface area contributed by atoms with E-state index in [4.69, 9.17) is 5.84 Å². The Hall–Kier alpha value is -1.35. The van der Waals surface area contributed by atoms with E-state index in [2.05, 4.69) is 31.7 Å². The van der Waals surface area contributed by atoms with Crippen LogP contribution in [0.25, 0.3) is 0 Å². The van der Waals surface area contributed by atoms with Gasteiger partial charge in [-0.2, -0.15) is 13.2 Å². The zero-order valence-electron chi connectivity index (χ0n) is 9.72. The Morgan fingerprint density at radius 2 is 2.16 bits per heavy atom. The molecule has 1 aromatic rings. The van der Waals surface area contributed by atoms with Gasteiger partial charge in [0.1, 0.15) is 0 Å². The highest BCUT2D eigenvalue weighted by molar-refractivity contribution is 9.10. The minimum absolute atomic E-state index is 0.0745. The van der Waals surface area contributed by atoms with Gasteiger partial charge in [0.25, 0.3) is 5.91 Å². The SMILES string of the molecule is NNc1ncc(Br)cc1C(=O)NCCCC(F)(F)F. The molecule has 1 aromatic heterocycles. The van der Waals surface area contributed by atoms with E-state index in [1.54, 1.807) is 0 Å². The van der Waals surface area contributed by atoms with Crippen molar-refractivity contribution >= 4 is 27.7 Å². The highest BCUT2D eigenvalue weighted by atomic mass is 79.9. The van der Waals surface area contributed by atoms with Gasteiger partial charge in [-0.15, -0.1) is 0 Å². The van der Waals surface area contributed by atoms with Crippen molar-refractivity contribution in [1.29, 1.82) is 0 Å². The number of hydrazine groups is 1. The number of aromatic nitrogens is 1. The molecule has 19 heavy (non-hydrogen) atoms. The van der Waals surface area contributed by atoms with Crippen LogP contribution in [0.4, 0.5) is 19.0 Å². The van der Waals surface area contributed by atoms with Crippen molar-refractivity contribution in [1.82, 2.24) is 10.3 Å². The van der Waals surface area contributed by atoms with Gasteiger partial charge < -0.3 is 10.7 Å². The summed E-state index contributed by atoms with van der Waals surface area (Å²) in [7, 11) is 0. The molecule has 0 saturated carbocycles. The normalized spacial score (nSPS) is 11.2. The second kappa shape index (κ2) is 6.71. The zero-order chi connectivity index (χ0) is 14.5. The molecular formula is C10H12BrF3N4O. The van der Waals surface area contributed by atoms with Gasteiger partial charge in [0.2, 0.25) is 0 Å². The van der Waals surface area contributed by atoms with Crippen LogP contribution in [-0.2, 0) is 0 Å². The van der Waals surface area contributed by atoms with E-state index in [1.807, 2.05) is 0 Å². The van der Waals surface area contributed by atoms with Crippen LogP contribution in [-0.4, -0.2) is 23.6 Å². The van der Waals surface area contributed by atoms with E-state index >= 15 is 0 Å². The van der Waals surface area contributed by atoms with Crippen LogP contribution < -0.4 is 16.6 Å². The number of amides is 1. The summed E-state index contributed by atoms with van der Waals surface area (Å²) < 4.78 is 36.3. The Balaban J connectivity index is 2.56. The number of pyridine rings is 1. The molecule has 4 N–H and O–H groups in total. The molecule has 106 valence electrons. The van der Waals surface area contributed by atoms with E-state index in [9.17, 15) is 18.0 Å². The van der Waals surface area contributed by atoms with Crippen LogP contribution in [0.15, 0.2) is 16.7 Å². The van der Waals surface area contributed by atoms with Crippen molar-refractivity contribution in [2.45, 2.75) is 19.0 Å². The molecule has 1 rings (SSSR count). The maximum atomic E-state index is 11.9. The third-order valence-electron chi connectivity index (χ3n) is 2.16. The molecule has 0 atom stereocenters. The highest BCUT2D eigenvalue weighted by Crippen LogP contribution is 2.21. The predicted molar refractivity (Wildman–Crippen MR) is 67.4 cm³/mol. The Morgan fingerprint density at radius 1 is 1.47 bits per heavy atom. The summed E-state index contributed by atoms with van der Waals surface area (Å²) in [5.41, 5.74) is 2.40. The fourth-order valence-electron chi connectivity index (χ4n) is 1.31. The third-order valence-corrected chi connectivity index (χ3v) is 2.59. The quantitative estimate of drug-likeness (QED) is 0.436. The maximum Gasteiger partial charge on any atom is 0.389 e. The molecule has 0 bridgehead atoms. The number of nitrogens with two attached hydrogens (primary N) is 1. The number of anilines is 1. The van der Waals surface area contributed by atoms with Gasteiger partial charge in [-0.05, 0) is 28.4 Å². The Morgan fingerprint density at radius 3 is 2.74 bits per heavy atom. The van der Waals surface area contributed by atoms with Crippen LogP contribution >= 0.6 is 15.9 Å². The summed E-state index contributed by atoms with van der Waals surface area (Å²) >= 11 is 3.14. The Kier molecular flexibility index (Phi) is 5.55. The number of nitrogens with zero attached hydrogens (tertiary/aromatic N) is 1. The number of nitrogen functional groups attached to an aromatic ring is 1. The molecule has 0 unspecified atom stereocenters. The number of carbonyl (C=O) groups excluding carboxylic acids is 1. The lowest BCUT2D eigenvalue weighted by molar-refractivity contribution is -0.135. The second-order valence-corrected chi connectivity index (χ2v) is 4.58. The van der Waals surface area contributed by atoms with Crippen molar-refractivity contribution in [3.63, 3.8) is 0 Å². The Labute approximate surface area is 115 Å². The fraction of sp³-hybridized carbons (Fsp3) is 0.400. The summed E-state index contributed by atoms with van der Waals surface area (Å²) in [6, 6.07) is 1.47. The van der Waals surface area contributed by atoms with Crippen LogP contribution in [0.1, 0.15) is 23.2 Å². The molecular weight excluding hydrogens is 329 g/mol. The molecule has 0 fully saturated rings. The minimum Gasteiger partial charge on any atom is -0.352 e. The maximum absolute atomic E-state index is 11.9. The lowest BCUT2D eigenvalue weighted by Gasteiger charge is -2.10. The molecule has 0 radical (unpaired) electrons. The molecule has 0 aliphatic carbocycles. The standard InChI is InChI=1S/C10H12BrF3N4O/c11-6-4-7(8(18-15)17-5-6)9(19)16-3-1-2-10(12,13)14/h4-5H,1-3,15H2,(H,16,19)(H,17,18). The molecule has 5 nitrogen and oxygen atoms in total. The topological polar surface area (TPSA) is 80.0 Å². The lowest BCUT2D eigenvalue weighted by Crippen LogP contribution is -2.27. The summed E-state index contributed by atoms with van der Waals surface area (Å²) in [5, 5.41) is 2.38. The molecule has 0 aromatic carbocycles. The summed E-state index contributed by atoms with van der Waals surface area (Å²) in [6.07, 6.45) is -3.89. The Bertz CT molecular complexity index is 453. The first kappa shape index (κ1) is 15.7. The van der Waals surface area contributed by atoms with Gasteiger partial charge in [-0.3, -0.25) is 4.79 Å². The molecule has 0 aliphatic heterocycles. The number of hydrogen-bond acceptors (Lipinski definition) is 4. The highest BCUT2D eigenvalue weighted by Gasteiger charge is 2.26. The van der Waals surface area contributed by atoms with Crippen molar-refractivity contribution in [3.05, 3.63) is 22.3 Å². The first-order valence-electron chi connectivity index (χ1n) is 5.30. The number of nitrogens with one attached hydrogen (secondary N) is 2. The first-order chi connectivity index (χ1) is 8.83. The van der Waals surface area contributed by atoms with E-state index < -0.39 is 18.5 Å². The van der Waals surface area contributed by atoms with Gasteiger partial charge in [-0.25, -0.2) is 10.8 Å². The van der Waals surface area contributed by atoms with E-state index in [1.165, 1.54) is 12.3 Å². The lowest BCUT2D eigenvalue weighted by atomic mass is 10.2. The molecule has 0 aliphatic rings. The molecule has 9 heteroatoms. The smallest absolute Gasteiger partial charge is 0.352 e. The average Bonchev–Trinajstić information content (AvgIpc) is 2.33. The average molecular weight is 341 g/mol. The number of rotatable bonds is 5. The van der Waals surface area contributed by atoms with Crippen molar-refractivity contribution in [2.24, 2.45) is 5.84 Å². The minimum atomic E-state index is -4.22. The van der Waals surface area contributed by atoms with Gasteiger partial charge in [0.05, 0.1) is 5.56 Å². The van der Waals surface area contributed by atoms with Gasteiger partial charge in [0.15, 0.2) is 5.82 Å². The fourth-order valence-corrected chi connectivity index (χ4v) is 1.64. The summed E-state index contributed by atoms with van der Waals surface area (Å²) in [6.45, 7) is -0.0745. The molecule has 0 saturated heterocycles. The molecule has 0 spiro atoms. The van der Waals surface area contributed by atoms with Crippen molar-refractivity contribution in [3.8, 4) is 0 Å². The van der Waals surface area contributed by atoms with Gasteiger partial charge in [0, 0.05) is 23.6 Å². The first-order valence-corrected chi connectivity index (χ1v) is 6.10. The van der Waals surface area contributed by atoms with Crippen molar-refractivity contribution < 1.29 is 18.0 Å². The molecule has 1 amide bonds. The van der Waals surface area contributed by atoms with Crippen LogP contribution in [0.2, 0.25) is 0 Å². The van der Waals surface area contributed by atoms with Gasteiger partial charge in [-0.1, -0.05) is 0 Å². The number of halogens is 4. The van der Waals surface area contributed by atoms with Crippen molar-refractivity contribution in [2.75, 3.05) is 12.0 Å². The summed E-state index contributed by atoms with van der Waals surface area (Å²) in [5.74, 6) is 4.81.